The molecule has 0 amide bonds. The van der Waals surface area contributed by atoms with Gasteiger partial charge >= 0.3 is 0 Å². The van der Waals surface area contributed by atoms with Crippen LogP contribution >= 0.6 is 0 Å². The lowest BCUT2D eigenvalue weighted by molar-refractivity contribution is -0.136. The highest BCUT2D eigenvalue weighted by atomic mass is 16.1. The van der Waals surface area contributed by atoms with E-state index >= 15 is 0 Å². The molecule has 0 aromatic carbocycles. The Morgan fingerprint density at radius 1 is 1.44 bits per heavy atom. The molecule has 0 unspecified atom stereocenters. The van der Waals surface area contributed by atoms with E-state index in [0.717, 1.165) is 24.8 Å². The number of ketones is 2. The van der Waals surface area contributed by atoms with Gasteiger partial charge in [-0.05, 0) is 37.8 Å². The van der Waals surface area contributed by atoms with Gasteiger partial charge in [0.25, 0.3) is 0 Å². The minimum absolute atomic E-state index is 0.106. The van der Waals surface area contributed by atoms with Gasteiger partial charge in [0.2, 0.25) is 0 Å². The Morgan fingerprint density at radius 2 is 2.28 bits per heavy atom. The van der Waals surface area contributed by atoms with Crippen molar-refractivity contribution in [3.05, 3.63) is 30.1 Å². The summed E-state index contributed by atoms with van der Waals surface area (Å²) in [5.41, 5.74) is 0.585. The molecule has 1 fully saturated rings. The van der Waals surface area contributed by atoms with Crippen LogP contribution in [0.2, 0.25) is 0 Å². The average molecular weight is 245 g/mol. The zero-order valence-corrected chi connectivity index (χ0v) is 10.8. The summed E-state index contributed by atoms with van der Waals surface area (Å²) in [5.74, 6) is 0.363. The van der Waals surface area contributed by atoms with Gasteiger partial charge in [-0.15, -0.1) is 0 Å². The fourth-order valence-corrected chi connectivity index (χ4v) is 2.96. The number of carbonyl (C=O) groups excluding carboxylic acids is 2. The van der Waals surface area contributed by atoms with Crippen LogP contribution in [-0.4, -0.2) is 16.6 Å². The van der Waals surface area contributed by atoms with Crippen LogP contribution in [0.5, 0.6) is 0 Å². The highest BCUT2D eigenvalue weighted by molar-refractivity contribution is 5.91. The summed E-state index contributed by atoms with van der Waals surface area (Å²) >= 11 is 0. The lowest BCUT2D eigenvalue weighted by Gasteiger charge is -2.35. The van der Waals surface area contributed by atoms with E-state index in [1.165, 1.54) is 0 Å². The first-order valence-corrected chi connectivity index (χ1v) is 6.54. The van der Waals surface area contributed by atoms with Gasteiger partial charge in [-0.2, -0.15) is 0 Å². The number of hydrogen-bond acceptors (Lipinski definition) is 3. The third kappa shape index (κ3) is 2.84. The Balaban J connectivity index is 2.24. The van der Waals surface area contributed by atoms with Gasteiger partial charge in [-0.1, -0.05) is 12.5 Å². The molecule has 0 saturated heterocycles. The molecule has 0 radical (unpaired) electrons. The molecule has 1 aromatic rings. The van der Waals surface area contributed by atoms with Crippen molar-refractivity contribution in [1.82, 2.24) is 4.98 Å². The second-order valence-corrected chi connectivity index (χ2v) is 5.33. The molecule has 0 aliphatic heterocycles. The first kappa shape index (κ1) is 12.9. The van der Waals surface area contributed by atoms with Crippen LogP contribution < -0.4 is 0 Å². The number of pyridine rings is 1. The van der Waals surface area contributed by atoms with Crippen molar-refractivity contribution in [2.45, 2.75) is 45.4 Å². The van der Waals surface area contributed by atoms with Crippen molar-refractivity contribution < 1.29 is 9.59 Å². The molecule has 1 saturated carbocycles. The normalized spacial score (nSPS) is 23.9. The van der Waals surface area contributed by atoms with Crippen molar-refractivity contribution in [3.8, 4) is 0 Å². The maximum absolute atomic E-state index is 12.3. The maximum Gasteiger partial charge on any atom is 0.139 e. The molecule has 1 atom stereocenters. The van der Waals surface area contributed by atoms with Crippen LogP contribution in [0.15, 0.2) is 24.5 Å². The molecule has 1 aromatic heterocycles. The van der Waals surface area contributed by atoms with Crippen molar-refractivity contribution in [1.29, 1.82) is 0 Å². The first-order valence-electron chi connectivity index (χ1n) is 6.54. The van der Waals surface area contributed by atoms with E-state index in [2.05, 4.69) is 4.98 Å². The number of hydrogen-bond donors (Lipinski definition) is 0. The summed E-state index contributed by atoms with van der Waals surface area (Å²) < 4.78 is 0. The smallest absolute Gasteiger partial charge is 0.139 e. The molecule has 1 aliphatic carbocycles. The van der Waals surface area contributed by atoms with Crippen molar-refractivity contribution >= 4 is 11.6 Å². The SMILES string of the molecule is CC(=O)C[C@@]1(Cc2cccnc2)CCCCC1=O. The molecule has 96 valence electrons. The molecule has 0 bridgehead atoms. The van der Waals surface area contributed by atoms with Crippen LogP contribution in [-0.2, 0) is 16.0 Å². The molecule has 3 heteroatoms. The van der Waals surface area contributed by atoms with Crippen LogP contribution in [0.4, 0.5) is 0 Å². The van der Waals surface area contributed by atoms with Crippen molar-refractivity contribution in [2.75, 3.05) is 0 Å². The van der Waals surface area contributed by atoms with Gasteiger partial charge in [0.05, 0.1) is 0 Å². The largest absolute Gasteiger partial charge is 0.300 e. The fraction of sp³-hybridized carbons (Fsp3) is 0.533. The van der Waals surface area contributed by atoms with Crippen molar-refractivity contribution in [3.63, 3.8) is 0 Å². The summed E-state index contributed by atoms with van der Waals surface area (Å²) in [6, 6.07) is 3.86. The van der Waals surface area contributed by atoms with E-state index in [1.807, 2.05) is 12.1 Å². The van der Waals surface area contributed by atoms with Gasteiger partial charge < -0.3 is 0 Å². The predicted octanol–water partition coefficient (Wildman–Crippen LogP) is 2.73. The van der Waals surface area contributed by atoms with Gasteiger partial charge in [-0.25, -0.2) is 0 Å². The van der Waals surface area contributed by atoms with Gasteiger partial charge in [0.15, 0.2) is 0 Å². The van der Waals surface area contributed by atoms with E-state index in [4.69, 9.17) is 0 Å². The predicted molar refractivity (Wildman–Crippen MR) is 69.1 cm³/mol. The molecule has 18 heavy (non-hydrogen) atoms. The van der Waals surface area contributed by atoms with Crippen LogP contribution in [0.3, 0.4) is 0 Å². The Morgan fingerprint density at radius 3 is 2.89 bits per heavy atom. The standard InChI is InChI=1S/C15H19NO2/c1-12(17)9-15(7-3-2-6-14(15)18)10-13-5-4-8-16-11-13/h4-5,8,11H,2-3,6-7,9-10H2,1H3/t15-/m1/s1. The molecule has 0 N–H and O–H groups in total. The second kappa shape index (κ2) is 5.42. The Kier molecular flexibility index (Phi) is 3.90. The van der Waals surface area contributed by atoms with E-state index in [9.17, 15) is 9.59 Å². The van der Waals surface area contributed by atoms with Crippen molar-refractivity contribution in [2.24, 2.45) is 5.41 Å². The van der Waals surface area contributed by atoms with E-state index < -0.39 is 5.41 Å². The van der Waals surface area contributed by atoms with Crippen LogP contribution in [0.1, 0.15) is 44.6 Å². The third-order valence-electron chi connectivity index (χ3n) is 3.75. The third-order valence-corrected chi connectivity index (χ3v) is 3.75. The van der Waals surface area contributed by atoms with Crippen LogP contribution in [0, 0.1) is 5.41 Å². The maximum atomic E-state index is 12.3. The summed E-state index contributed by atoms with van der Waals surface area (Å²) in [6.07, 6.45) is 8.01. The second-order valence-electron chi connectivity index (χ2n) is 5.33. The van der Waals surface area contributed by atoms with Gasteiger partial charge in [0, 0.05) is 30.7 Å². The summed E-state index contributed by atoms with van der Waals surface area (Å²) in [4.78, 5) is 27.9. The number of rotatable bonds is 4. The zero-order chi connectivity index (χ0) is 13.0. The number of nitrogens with zero attached hydrogens (tertiary/aromatic N) is 1. The summed E-state index contributed by atoms with van der Waals surface area (Å²) in [5, 5.41) is 0. The molecule has 0 spiro atoms. The number of Topliss-reactive ketones (excluding diaryl/α,β-unsaturated/α-hetero) is 2. The van der Waals surface area contributed by atoms with E-state index in [0.29, 0.717) is 19.3 Å². The lowest BCUT2D eigenvalue weighted by atomic mass is 9.67. The summed E-state index contributed by atoms with van der Waals surface area (Å²) in [7, 11) is 0. The van der Waals surface area contributed by atoms with Gasteiger partial charge in [0.1, 0.15) is 11.6 Å². The quantitative estimate of drug-likeness (QED) is 0.819. The van der Waals surface area contributed by atoms with Gasteiger partial charge in [-0.3, -0.25) is 14.6 Å². The lowest BCUT2D eigenvalue weighted by Crippen LogP contribution is -2.38. The van der Waals surface area contributed by atoms with E-state index in [-0.39, 0.29) is 11.6 Å². The topological polar surface area (TPSA) is 47.0 Å². The minimum atomic E-state index is -0.465. The Labute approximate surface area is 108 Å². The number of aromatic nitrogens is 1. The first-order chi connectivity index (χ1) is 8.62. The Bertz CT molecular complexity index is 441. The highest BCUT2D eigenvalue weighted by Gasteiger charge is 2.40. The molecule has 1 aliphatic rings. The average Bonchev–Trinajstić information content (AvgIpc) is 2.33. The zero-order valence-electron chi connectivity index (χ0n) is 10.8. The summed E-state index contributed by atoms with van der Waals surface area (Å²) in [6.45, 7) is 1.58. The number of carbonyl (C=O) groups is 2. The molecular formula is C15H19NO2. The molecule has 1 heterocycles. The van der Waals surface area contributed by atoms with E-state index in [1.54, 1.807) is 19.3 Å². The monoisotopic (exact) mass is 245 g/mol. The molecule has 3 nitrogen and oxygen atoms in total. The minimum Gasteiger partial charge on any atom is -0.300 e. The molecule has 2 rings (SSSR count). The van der Waals surface area contributed by atoms with Crippen LogP contribution in [0.25, 0.3) is 0 Å². The highest BCUT2D eigenvalue weighted by Crippen LogP contribution is 2.39. The molecular weight excluding hydrogens is 226 g/mol. The fourth-order valence-electron chi connectivity index (χ4n) is 2.96. The Hall–Kier alpha value is -1.51.